The van der Waals surface area contributed by atoms with Gasteiger partial charge in [0.05, 0.1) is 22.0 Å². The van der Waals surface area contributed by atoms with Crippen LogP contribution in [0.25, 0.3) is 0 Å². The van der Waals surface area contributed by atoms with E-state index in [1.807, 2.05) is 20.8 Å². The van der Waals surface area contributed by atoms with E-state index < -0.39 is 16.1 Å². The number of rotatable bonds is 13. The van der Waals surface area contributed by atoms with Crippen LogP contribution in [0.1, 0.15) is 57.6 Å². The third kappa shape index (κ3) is 8.76. The zero-order valence-corrected chi connectivity index (χ0v) is 25.5. The Hall–Kier alpha value is -2.00. The summed E-state index contributed by atoms with van der Waals surface area (Å²) in [6, 6.07) is 9.43. The molecule has 2 atom stereocenters. The molecule has 7 nitrogen and oxygen atoms in total. The molecule has 0 heterocycles. The SMILES string of the molecule is CC[C@@H](C)NC(=O)[C@H](CC)N(Cc1ccc(Cl)c(Cl)c1)C(=O)CCCN(c1cccc(Cl)c1C)S(C)(=O)=O. The standard InChI is InChI=1S/C27H36Cl3N3O4S/c1-6-18(3)31-27(35)24(7-2)32(17-20-13-14-22(29)23(30)16-20)26(34)12-9-15-33(38(5,36)37)25-11-8-10-21(28)19(25)4/h8,10-11,13-14,16,18,24H,6-7,9,12,15,17H2,1-5H3,(H,31,35)/t18-,24+/m1/s1. The second kappa shape index (κ2) is 14.4. The van der Waals surface area contributed by atoms with E-state index in [1.165, 1.54) is 9.21 Å². The number of sulfonamides is 1. The summed E-state index contributed by atoms with van der Waals surface area (Å²) in [5.74, 6) is -0.499. The van der Waals surface area contributed by atoms with Crippen molar-refractivity contribution in [1.82, 2.24) is 10.2 Å². The third-order valence-electron chi connectivity index (χ3n) is 6.38. The van der Waals surface area contributed by atoms with Gasteiger partial charge in [-0.25, -0.2) is 8.42 Å². The van der Waals surface area contributed by atoms with E-state index in [1.54, 1.807) is 43.3 Å². The van der Waals surface area contributed by atoms with E-state index >= 15 is 0 Å². The van der Waals surface area contributed by atoms with Crippen LogP contribution in [0.3, 0.4) is 0 Å². The Morgan fingerprint density at radius 3 is 2.26 bits per heavy atom. The predicted octanol–water partition coefficient (Wildman–Crippen LogP) is 6.22. The highest BCUT2D eigenvalue weighted by atomic mass is 35.5. The number of anilines is 1. The topological polar surface area (TPSA) is 86.8 Å². The molecule has 0 saturated carbocycles. The molecular formula is C27H36Cl3N3O4S. The summed E-state index contributed by atoms with van der Waals surface area (Å²) in [7, 11) is -3.63. The summed E-state index contributed by atoms with van der Waals surface area (Å²) >= 11 is 18.5. The van der Waals surface area contributed by atoms with Gasteiger partial charge in [-0.1, -0.05) is 60.8 Å². The van der Waals surface area contributed by atoms with Crippen LogP contribution in [-0.2, 0) is 26.2 Å². The van der Waals surface area contributed by atoms with Crippen LogP contribution in [0, 0.1) is 6.92 Å². The molecule has 0 spiro atoms. The maximum atomic E-state index is 13.5. The van der Waals surface area contributed by atoms with E-state index in [0.717, 1.165) is 18.2 Å². The number of hydrogen-bond donors (Lipinski definition) is 1. The van der Waals surface area contributed by atoms with Gasteiger partial charge in [0.15, 0.2) is 0 Å². The van der Waals surface area contributed by atoms with Gasteiger partial charge in [-0.3, -0.25) is 13.9 Å². The van der Waals surface area contributed by atoms with Crippen molar-refractivity contribution in [2.45, 2.75) is 72.0 Å². The second-order valence-corrected chi connectivity index (χ2v) is 12.5. The molecule has 2 aromatic rings. The summed E-state index contributed by atoms with van der Waals surface area (Å²) in [5.41, 5.74) is 1.84. The average Bonchev–Trinajstić information content (AvgIpc) is 2.85. The third-order valence-corrected chi connectivity index (χ3v) is 8.71. The lowest BCUT2D eigenvalue weighted by Crippen LogP contribution is -2.50. The quantitative estimate of drug-likeness (QED) is 0.294. The van der Waals surface area contributed by atoms with Gasteiger partial charge >= 0.3 is 0 Å². The molecule has 2 amide bonds. The van der Waals surface area contributed by atoms with Gasteiger partial charge in [0, 0.05) is 30.6 Å². The Labute approximate surface area is 241 Å². The van der Waals surface area contributed by atoms with Crippen molar-refractivity contribution >= 4 is 62.3 Å². The molecule has 210 valence electrons. The maximum Gasteiger partial charge on any atom is 0.243 e. The van der Waals surface area contributed by atoms with Gasteiger partial charge in [-0.15, -0.1) is 0 Å². The smallest absolute Gasteiger partial charge is 0.243 e. The molecule has 0 bridgehead atoms. The molecular weight excluding hydrogens is 569 g/mol. The van der Waals surface area contributed by atoms with Crippen molar-refractivity contribution in [2.75, 3.05) is 17.1 Å². The van der Waals surface area contributed by atoms with Crippen molar-refractivity contribution in [3.05, 3.63) is 62.6 Å². The number of halogens is 3. The van der Waals surface area contributed by atoms with Crippen LogP contribution in [0.15, 0.2) is 36.4 Å². The highest BCUT2D eigenvalue weighted by molar-refractivity contribution is 7.92. The number of benzene rings is 2. The van der Waals surface area contributed by atoms with Crippen molar-refractivity contribution in [1.29, 1.82) is 0 Å². The molecule has 0 aliphatic carbocycles. The molecule has 38 heavy (non-hydrogen) atoms. The lowest BCUT2D eigenvalue weighted by molar-refractivity contribution is -0.141. The van der Waals surface area contributed by atoms with Gasteiger partial charge < -0.3 is 10.2 Å². The largest absolute Gasteiger partial charge is 0.352 e. The Balaban J connectivity index is 2.29. The Kier molecular flexibility index (Phi) is 12.2. The predicted molar refractivity (Wildman–Crippen MR) is 157 cm³/mol. The minimum atomic E-state index is -3.63. The first-order chi connectivity index (χ1) is 17.8. The molecule has 0 fully saturated rings. The van der Waals surface area contributed by atoms with Gasteiger partial charge in [0.1, 0.15) is 6.04 Å². The lowest BCUT2D eigenvalue weighted by Gasteiger charge is -2.32. The number of nitrogens with one attached hydrogen (secondary N) is 1. The summed E-state index contributed by atoms with van der Waals surface area (Å²) < 4.78 is 26.4. The zero-order chi connectivity index (χ0) is 28.6. The van der Waals surface area contributed by atoms with E-state index in [-0.39, 0.29) is 43.8 Å². The Morgan fingerprint density at radius 1 is 1.00 bits per heavy atom. The minimum Gasteiger partial charge on any atom is -0.352 e. The first-order valence-electron chi connectivity index (χ1n) is 12.6. The van der Waals surface area contributed by atoms with Crippen molar-refractivity contribution < 1.29 is 18.0 Å². The van der Waals surface area contributed by atoms with Crippen molar-refractivity contribution in [3.8, 4) is 0 Å². The fourth-order valence-corrected chi connectivity index (χ4v) is 5.55. The zero-order valence-electron chi connectivity index (χ0n) is 22.4. The van der Waals surface area contributed by atoms with Crippen LogP contribution in [0.2, 0.25) is 15.1 Å². The summed E-state index contributed by atoms with van der Waals surface area (Å²) in [6.07, 6.45) is 2.58. The van der Waals surface area contributed by atoms with E-state index in [9.17, 15) is 18.0 Å². The highest BCUT2D eigenvalue weighted by Gasteiger charge is 2.29. The molecule has 2 rings (SSSR count). The molecule has 0 radical (unpaired) electrons. The molecule has 0 aliphatic heterocycles. The molecule has 1 N–H and O–H groups in total. The van der Waals surface area contributed by atoms with Crippen LogP contribution < -0.4 is 9.62 Å². The van der Waals surface area contributed by atoms with Crippen LogP contribution in [-0.4, -0.2) is 50.0 Å². The van der Waals surface area contributed by atoms with E-state index in [2.05, 4.69) is 5.32 Å². The lowest BCUT2D eigenvalue weighted by atomic mass is 10.1. The van der Waals surface area contributed by atoms with Crippen molar-refractivity contribution in [3.63, 3.8) is 0 Å². The number of nitrogens with zero attached hydrogens (tertiary/aromatic N) is 2. The van der Waals surface area contributed by atoms with Crippen LogP contribution in [0.5, 0.6) is 0 Å². The molecule has 0 saturated heterocycles. The Bertz CT molecular complexity index is 1240. The number of hydrogen-bond acceptors (Lipinski definition) is 4. The van der Waals surface area contributed by atoms with Gasteiger partial charge in [-0.2, -0.15) is 0 Å². The monoisotopic (exact) mass is 603 g/mol. The van der Waals surface area contributed by atoms with E-state index in [4.69, 9.17) is 34.8 Å². The summed E-state index contributed by atoms with van der Waals surface area (Å²) in [6.45, 7) is 7.73. The molecule has 11 heteroatoms. The fourth-order valence-electron chi connectivity index (χ4n) is 4.04. The maximum absolute atomic E-state index is 13.5. The molecule has 0 unspecified atom stereocenters. The highest BCUT2D eigenvalue weighted by Crippen LogP contribution is 2.29. The summed E-state index contributed by atoms with van der Waals surface area (Å²) in [5, 5.41) is 4.18. The minimum absolute atomic E-state index is 0.0391. The summed E-state index contributed by atoms with van der Waals surface area (Å²) in [4.78, 5) is 28.2. The molecule has 2 aromatic carbocycles. The van der Waals surface area contributed by atoms with E-state index in [0.29, 0.717) is 32.7 Å². The second-order valence-electron chi connectivity index (χ2n) is 9.33. The van der Waals surface area contributed by atoms with Gasteiger partial charge in [0.25, 0.3) is 0 Å². The normalized spacial score (nSPS) is 13.1. The van der Waals surface area contributed by atoms with Gasteiger partial charge in [-0.05, 0) is 68.5 Å². The molecule has 0 aromatic heterocycles. The van der Waals surface area contributed by atoms with Crippen LogP contribution in [0.4, 0.5) is 5.69 Å². The average molecular weight is 605 g/mol. The first-order valence-corrected chi connectivity index (χ1v) is 15.5. The fraction of sp³-hybridized carbons (Fsp3) is 0.481. The van der Waals surface area contributed by atoms with Crippen LogP contribution >= 0.6 is 34.8 Å². The first kappa shape index (κ1) is 32.2. The molecule has 0 aliphatic rings. The van der Waals surface area contributed by atoms with Gasteiger partial charge in [0.2, 0.25) is 21.8 Å². The number of amides is 2. The Morgan fingerprint density at radius 2 is 1.68 bits per heavy atom. The van der Waals surface area contributed by atoms with Crippen molar-refractivity contribution in [2.24, 2.45) is 0 Å². The number of carbonyl (C=O) groups is 2. The number of carbonyl (C=O) groups excluding carboxylic acids is 2.